The highest BCUT2D eigenvalue weighted by Crippen LogP contribution is 2.26. The molecule has 1 aliphatic carbocycles. The molecule has 0 saturated heterocycles. The lowest BCUT2D eigenvalue weighted by molar-refractivity contribution is 0.461. The maximum atomic E-state index is 13.2. The average Bonchev–Trinajstić information content (AvgIpc) is 2.71. The summed E-state index contributed by atoms with van der Waals surface area (Å²) >= 11 is 0. The van der Waals surface area contributed by atoms with Gasteiger partial charge in [0.25, 0.3) is 0 Å². The van der Waals surface area contributed by atoms with Crippen molar-refractivity contribution in [3.8, 4) is 11.3 Å². The summed E-state index contributed by atoms with van der Waals surface area (Å²) in [4.78, 5) is 9.37. The normalized spacial score (nSPS) is 14.7. The minimum atomic E-state index is -0.257. The van der Waals surface area contributed by atoms with E-state index < -0.39 is 0 Å². The largest absolute Gasteiger partial charge is 0.351 e. The molecule has 0 aliphatic heterocycles. The Bertz CT molecular complexity index is 875. The molecule has 0 atom stereocenters. The Morgan fingerprint density at radius 1 is 0.852 bits per heavy atom. The van der Waals surface area contributed by atoms with Crippen molar-refractivity contribution >= 4 is 17.5 Å². The van der Waals surface area contributed by atoms with Gasteiger partial charge in [0.2, 0.25) is 5.95 Å². The number of nitrogens with one attached hydrogen (secondary N) is 2. The van der Waals surface area contributed by atoms with Crippen molar-refractivity contribution in [1.29, 1.82) is 0 Å². The van der Waals surface area contributed by atoms with Gasteiger partial charge in [0.15, 0.2) is 0 Å². The summed E-state index contributed by atoms with van der Waals surface area (Å²) in [5, 5.41) is 6.77. The highest BCUT2D eigenvalue weighted by atomic mass is 19.1. The molecule has 1 saturated carbocycles. The van der Waals surface area contributed by atoms with E-state index in [4.69, 9.17) is 4.98 Å². The summed E-state index contributed by atoms with van der Waals surface area (Å²) in [5.41, 5.74) is 2.68. The Kier molecular flexibility index (Phi) is 5.28. The Morgan fingerprint density at radius 2 is 1.59 bits per heavy atom. The third-order valence-electron chi connectivity index (χ3n) is 4.85. The number of benzene rings is 2. The van der Waals surface area contributed by atoms with Crippen molar-refractivity contribution < 1.29 is 4.39 Å². The molecule has 2 aromatic carbocycles. The molecule has 1 aliphatic rings. The Morgan fingerprint density at radius 3 is 2.33 bits per heavy atom. The van der Waals surface area contributed by atoms with Gasteiger partial charge >= 0.3 is 0 Å². The Balaban J connectivity index is 1.64. The minimum Gasteiger partial charge on any atom is -0.351 e. The number of rotatable bonds is 5. The molecule has 0 radical (unpaired) electrons. The van der Waals surface area contributed by atoms with E-state index in [9.17, 15) is 4.39 Å². The van der Waals surface area contributed by atoms with E-state index in [0.717, 1.165) is 29.8 Å². The molecule has 0 amide bonds. The minimum absolute atomic E-state index is 0.257. The number of hydrogen-bond donors (Lipinski definition) is 2. The Labute approximate surface area is 158 Å². The number of halogens is 1. The topological polar surface area (TPSA) is 49.8 Å². The molecular formula is C22H23FN4. The van der Waals surface area contributed by atoms with Crippen LogP contribution in [0.5, 0.6) is 0 Å². The predicted octanol–water partition coefficient (Wildman–Crippen LogP) is 5.77. The zero-order valence-corrected chi connectivity index (χ0v) is 15.2. The zero-order valence-electron chi connectivity index (χ0n) is 15.2. The van der Waals surface area contributed by atoms with Crippen LogP contribution >= 0.6 is 0 Å². The second-order valence-electron chi connectivity index (χ2n) is 6.94. The molecule has 0 bridgehead atoms. The van der Waals surface area contributed by atoms with E-state index in [1.165, 1.54) is 31.4 Å². The van der Waals surface area contributed by atoms with Gasteiger partial charge in [-0.3, -0.25) is 0 Å². The summed E-state index contributed by atoms with van der Waals surface area (Å²) in [5.74, 6) is 1.06. The molecule has 0 unspecified atom stereocenters. The van der Waals surface area contributed by atoms with E-state index in [1.54, 1.807) is 12.1 Å². The van der Waals surface area contributed by atoms with Gasteiger partial charge in [-0.2, -0.15) is 4.98 Å². The maximum Gasteiger partial charge on any atom is 0.225 e. The lowest BCUT2D eigenvalue weighted by Gasteiger charge is -2.23. The fraction of sp³-hybridized carbons (Fsp3) is 0.273. The monoisotopic (exact) mass is 362 g/mol. The van der Waals surface area contributed by atoms with Crippen LogP contribution < -0.4 is 10.6 Å². The molecule has 2 N–H and O–H groups in total. The van der Waals surface area contributed by atoms with E-state index in [2.05, 4.69) is 15.6 Å². The molecule has 138 valence electrons. The number of anilines is 3. The standard InChI is InChI=1S/C22H23FN4/c23-17-11-13-19(14-12-17)24-21-15-20(16-7-3-1-4-8-16)26-22(27-21)25-18-9-5-2-6-10-18/h1,3-4,7-8,11-15,18H,2,5-6,9-10H2,(H2,24,25,26,27). The summed E-state index contributed by atoms with van der Waals surface area (Å²) in [6, 6.07) is 18.7. The molecule has 4 nitrogen and oxygen atoms in total. The van der Waals surface area contributed by atoms with Crippen LogP contribution in [0.2, 0.25) is 0 Å². The van der Waals surface area contributed by atoms with Gasteiger partial charge < -0.3 is 10.6 Å². The van der Waals surface area contributed by atoms with Crippen LogP contribution in [0.4, 0.5) is 21.8 Å². The molecule has 1 aromatic heterocycles. The molecule has 3 aromatic rings. The van der Waals surface area contributed by atoms with Gasteiger partial charge in [-0.05, 0) is 37.1 Å². The van der Waals surface area contributed by atoms with Crippen LogP contribution in [0, 0.1) is 5.82 Å². The molecular weight excluding hydrogens is 339 g/mol. The number of hydrogen-bond acceptors (Lipinski definition) is 4. The molecule has 5 heteroatoms. The van der Waals surface area contributed by atoms with Crippen molar-refractivity contribution in [1.82, 2.24) is 9.97 Å². The molecule has 1 fully saturated rings. The SMILES string of the molecule is Fc1ccc(Nc2cc(-c3ccccc3)nc(NC3CCCCC3)n2)cc1. The van der Waals surface area contributed by atoms with Crippen molar-refractivity contribution in [3.05, 3.63) is 66.5 Å². The van der Waals surface area contributed by atoms with Crippen molar-refractivity contribution in [3.63, 3.8) is 0 Å². The van der Waals surface area contributed by atoms with Gasteiger partial charge in [0, 0.05) is 23.4 Å². The first kappa shape index (κ1) is 17.5. The van der Waals surface area contributed by atoms with Crippen LogP contribution in [0.1, 0.15) is 32.1 Å². The number of nitrogens with zero attached hydrogens (tertiary/aromatic N) is 2. The fourth-order valence-electron chi connectivity index (χ4n) is 3.44. The third kappa shape index (κ3) is 4.61. The van der Waals surface area contributed by atoms with Gasteiger partial charge in [-0.25, -0.2) is 9.37 Å². The van der Waals surface area contributed by atoms with Crippen LogP contribution in [0.3, 0.4) is 0 Å². The van der Waals surface area contributed by atoms with Crippen LogP contribution in [-0.2, 0) is 0 Å². The zero-order chi connectivity index (χ0) is 18.5. The van der Waals surface area contributed by atoms with Crippen LogP contribution in [-0.4, -0.2) is 16.0 Å². The molecule has 1 heterocycles. The summed E-state index contributed by atoms with van der Waals surface area (Å²) in [6.45, 7) is 0. The van der Waals surface area contributed by atoms with E-state index in [1.807, 2.05) is 36.4 Å². The van der Waals surface area contributed by atoms with Crippen molar-refractivity contribution in [2.45, 2.75) is 38.1 Å². The predicted molar refractivity (Wildman–Crippen MR) is 108 cm³/mol. The highest BCUT2D eigenvalue weighted by Gasteiger charge is 2.15. The second kappa shape index (κ2) is 8.16. The quantitative estimate of drug-likeness (QED) is 0.605. The fourth-order valence-corrected chi connectivity index (χ4v) is 3.44. The average molecular weight is 362 g/mol. The van der Waals surface area contributed by atoms with Gasteiger partial charge in [0.1, 0.15) is 11.6 Å². The lowest BCUT2D eigenvalue weighted by Crippen LogP contribution is -2.23. The van der Waals surface area contributed by atoms with Gasteiger partial charge in [-0.15, -0.1) is 0 Å². The summed E-state index contributed by atoms with van der Waals surface area (Å²) in [6.07, 6.45) is 6.10. The maximum absolute atomic E-state index is 13.2. The number of aromatic nitrogens is 2. The first-order valence-corrected chi connectivity index (χ1v) is 9.50. The van der Waals surface area contributed by atoms with Crippen LogP contribution in [0.15, 0.2) is 60.7 Å². The van der Waals surface area contributed by atoms with Gasteiger partial charge in [0.05, 0.1) is 5.69 Å². The smallest absolute Gasteiger partial charge is 0.225 e. The summed E-state index contributed by atoms with van der Waals surface area (Å²) in [7, 11) is 0. The summed E-state index contributed by atoms with van der Waals surface area (Å²) < 4.78 is 13.2. The first-order valence-electron chi connectivity index (χ1n) is 9.50. The highest BCUT2D eigenvalue weighted by molar-refractivity contribution is 5.67. The Hall–Kier alpha value is -2.95. The molecule has 4 rings (SSSR count). The first-order chi connectivity index (χ1) is 13.3. The van der Waals surface area contributed by atoms with E-state index in [0.29, 0.717) is 17.8 Å². The van der Waals surface area contributed by atoms with Crippen LogP contribution in [0.25, 0.3) is 11.3 Å². The second-order valence-corrected chi connectivity index (χ2v) is 6.94. The lowest BCUT2D eigenvalue weighted by atomic mass is 9.96. The van der Waals surface area contributed by atoms with Crippen molar-refractivity contribution in [2.24, 2.45) is 0 Å². The molecule has 27 heavy (non-hydrogen) atoms. The van der Waals surface area contributed by atoms with Gasteiger partial charge in [-0.1, -0.05) is 49.6 Å². The van der Waals surface area contributed by atoms with E-state index in [-0.39, 0.29) is 5.82 Å². The molecule has 0 spiro atoms. The van der Waals surface area contributed by atoms with Crippen molar-refractivity contribution in [2.75, 3.05) is 10.6 Å². The third-order valence-corrected chi connectivity index (χ3v) is 4.85. The van der Waals surface area contributed by atoms with E-state index >= 15 is 0 Å².